The maximum atomic E-state index is 6.02. The van der Waals surface area contributed by atoms with Crippen molar-refractivity contribution in [2.24, 2.45) is 4.99 Å². The molecular weight excluding hydrogens is 200 g/mol. The van der Waals surface area contributed by atoms with E-state index < -0.39 is 0 Å². The first kappa shape index (κ1) is 10.00. The summed E-state index contributed by atoms with van der Waals surface area (Å²) in [5.41, 5.74) is 2.07. The molecule has 1 aromatic rings. The largest absolute Gasteiger partial charge is 0.367 e. The van der Waals surface area contributed by atoms with Gasteiger partial charge in [0, 0.05) is 12.6 Å². The van der Waals surface area contributed by atoms with Crippen LogP contribution in [0.4, 0.5) is 5.69 Å². The quantitative estimate of drug-likeness (QED) is 0.767. The molecule has 2 atom stereocenters. The summed E-state index contributed by atoms with van der Waals surface area (Å²) >= 11 is 0. The van der Waals surface area contributed by atoms with Crippen molar-refractivity contribution in [3.8, 4) is 0 Å². The average molecular weight is 216 g/mol. The molecule has 84 valence electrons. The van der Waals surface area contributed by atoms with Crippen LogP contribution in [-0.2, 0) is 10.3 Å². The Bertz CT molecular complexity index is 377. The first-order chi connectivity index (χ1) is 7.82. The fourth-order valence-electron chi connectivity index (χ4n) is 2.63. The van der Waals surface area contributed by atoms with E-state index in [2.05, 4.69) is 29.2 Å². The van der Waals surface area contributed by atoms with E-state index in [0.29, 0.717) is 6.04 Å². The second kappa shape index (κ2) is 3.68. The van der Waals surface area contributed by atoms with Gasteiger partial charge in [-0.2, -0.15) is 0 Å². The van der Waals surface area contributed by atoms with Gasteiger partial charge >= 0.3 is 0 Å². The summed E-state index contributed by atoms with van der Waals surface area (Å²) in [6.07, 6.45) is 2.33. The standard InChI is InChI=1S/C13H16N2O/c1-14-11-4-2-10(3-5-11)13-7-6-12(8-16-13)15-9-13/h2-5,12,15H,1,6-9H2. The van der Waals surface area contributed by atoms with E-state index in [1.54, 1.807) is 0 Å². The second-order valence-electron chi connectivity index (χ2n) is 4.63. The van der Waals surface area contributed by atoms with Crippen molar-refractivity contribution in [1.29, 1.82) is 0 Å². The molecule has 1 aromatic carbocycles. The molecule has 0 aromatic heterocycles. The van der Waals surface area contributed by atoms with E-state index in [0.717, 1.165) is 25.3 Å². The van der Waals surface area contributed by atoms with E-state index in [9.17, 15) is 0 Å². The van der Waals surface area contributed by atoms with Crippen LogP contribution in [0.25, 0.3) is 0 Å². The zero-order valence-electron chi connectivity index (χ0n) is 9.28. The minimum atomic E-state index is -0.103. The Balaban J connectivity index is 1.92. The van der Waals surface area contributed by atoms with Gasteiger partial charge in [-0.05, 0) is 37.3 Å². The maximum absolute atomic E-state index is 6.02. The summed E-state index contributed by atoms with van der Waals surface area (Å²) in [5.74, 6) is 0. The lowest BCUT2D eigenvalue weighted by Gasteiger charge is -2.47. The first-order valence-corrected chi connectivity index (χ1v) is 5.77. The van der Waals surface area contributed by atoms with E-state index in [4.69, 9.17) is 4.74 Å². The van der Waals surface area contributed by atoms with Crippen molar-refractivity contribution in [3.63, 3.8) is 0 Å². The van der Waals surface area contributed by atoms with Gasteiger partial charge in [0.1, 0.15) is 5.60 Å². The summed E-state index contributed by atoms with van der Waals surface area (Å²) in [6.45, 7) is 5.29. The summed E-state index contributed by atoms with van der Waals surface area (Å²) in [5, 5.41) is 3.53. The topological polar surface area (TPSA) is 33.6 Å². The van der Waals surface area contributed by atoms with E-state index in [-0.39, 0.29) is 5.60 Å². The lowest BCUT2D eigenvalue weighted by Crippen LogP contribution is -2.57. The highest BCUT2D eigenvalue weighted by Gasteiger charge is 2.42. The van der Waals surface area contributed by atoms with Gasteiger partial charge in [0.15, 0.2) is 0 Å². The van der Waals surface area contributed by atoms with Crippen molar-refractivity contribution in [1.82, 2.24) is 5.32 Å². The number of benzene rings is 1. The van der Waals surface area contributed by atoms with Crippen molar-refractivity contribution in [2.75, 3.05) is 13.2 Å². The maximum Gasteiger partial charge on any atom is 0.106 e. The number of nitrogens with zero attached hydrogens (tertiary/aromatic N) is 1. The van der Waals surface area contributed by atoms with Crippen molar-refractivity contribution < 1.29 is 4.74 Å². The third-order valence-electron chi connectivity index (χ3n) is 3.71. The van der Waals surface area contributed by atoms with Gasteiger partial charge < -0.3 is 10.1 Å². The summed E-state index contributed by atoms with van der Waals surface area (Å²) in [7, 11) is 0. The number of hydrogen-bond acceptors (Lipinski definition) is 3. The van der Waals surface area contributed by atoms with Crippen molar-refractivity contribution >= 4 is 12.4 Å². The highest BCUT2D eigenvalue weighted by atomic mass is 16.5. The minimum Gasteiger partial charge on any atom is -0.367 e. The second-order valence-corrected chi connectivity index (χ2v) is 4.63. The van der Waals surface area contributed by atoms with Crippen LogP contribution in [0, 0.1) is 0 Å². The molecule has 3 heteroatoms. The lowest BCUT2D eigenvalue weighted by atomic mass is 9.81. The Morgan fingerprint density at radius 1 is 1.38 bits per heavy atom. The minimum absolute atomic E-state index is 0.103. The molecule has 2 unspecified atom stereocenters. The van der Waals surface area contributed by atoms with Gasteiger partial charge in [0.05, 0.1) is 12.3 Å². The van der Waals surface area contributed by atoms with Gasteiger partial charge in [0.2, 0.25) is 0 Å². The van der Waals surface area contributed by atoms with Crippen LogP contribution in [-0.4, -0.2) is 25.9 Å². The molecule has 2 bridgehead atoms. The third-order valence-corrected chi connectivity index (χ3v) is 3.71. The Morgan fingerprint density at radius 2 is 2.19 bits per heavy atom. The van der Waals surface area contributed by atoms with Crippen LogP contribution in [0.2, 0.25) is 0 Å². The number of nitrogens with one attached hydrogen (secondary N) is 1. The Labute approximate surface area is 95.5 Å². The lowest BCUT2D eigenvalue weighted by molar-refractivity contribution is -0.129. The number of ether oxygens (including phenoxy) is 1. The van der Waals surface area contributed by atoms with Crippen molar-refractivity contribution in [3.05, 3.63) is 29.8 Å². The molecule has 0 saturated carbocycles. The molecule has 3 nitrogen and oxygen atoms in total. The van der Waals surface area contributed by atoms with Crippen LogP contribution in [0.1, 0.15) is 18.4 Å². The predicted octanol–water partition coefficient (Wildman–Crippen LogP) is 2.00. The van der Waals surface area contributed by atoms with Gasteiger partial charge in [-0.1, -0.05) is 12.1 Å². The summed E-state index contributed by atoms with van der Waals surface area (Å²) in [4.78, 5) is 3.91. The molecule has 1 N–H and O–H groups in total. The molecule has 4 rings (SSSR count). The molecule has 3 fully saturated rings. The van der Waals surface area contributed by atoms with Gasteiger partial charge in [-0.25, -0.2) is 0 Å². The Kier molecular flexibility index (Phi) is 2.30. The van der Waals surface area contributed by atoms with Crippen LogP contribution in [0.15, 0.2) is 29.3 Å². The van der Waals surface area contributed by atoms with Gasteiger partial charge in [-0.15, -0.1) is 0 Å². The highest BCUT2D eigenvalue weighted by molar-refractivity contribution is 5.47. The number of hydrogen-bond donors (Lipinski definition) is 1. The van der Waals surface area contributed by atoms with Crippen LogP contribution in [0.5, 0.6) is 0 Å². The first-order valence-electron chi connectivity index (χ1n) is 5.77. The molecule has 3 aliphatic rings. The van der Waals surface area contributed by atoms with E-state index in [1.165, 1.54) is 12.0 Å². The Hall–Kier alpha value is -1.19. The van der Waals surface area contributed by atoms with Crippen LogP contribution < -0.4 is 5.32 Å². The van der Waals surface area contributed by atoms with Crippen molar-refractivity contribution in [2.45, 2.75) is 24.5 Å². The molecule has 0 amide bonds. The molecule has 0 aliphatic carbocycles. The smallest absolute Gasteiger partial charge is 0.106 e. The SMILES string of the molecule is C=Nc1ccc(C23CCC(CO2)NC3)cc1. The molecule has 3 saturated heterocycles. The molecular formula is C13H16N2O. The molecule has 16 heavy (non-hydrogen) atoms. The predicted molar refractivity (Wildman–Crippen MR) is 64.3 cm³/mol. The number of fused-ring (bicyclic) bond motifs is 3. The summed E-state index contributed by atoms with van der Waals surface area (Å²) in [6, 6.07) is 8.78. The number of piperidine rings is 1. The number of aliphatic imine (C=N–C) groups is 1. The van der Waals surface area contributed by atoms with Crippen LogP contribution in [0.3, 0.4) is 0 Å². The fraction of sp³-hybridized carbons (Fsp3) is 0.462. The zero-order chi connectivity index (χ0) is 11.0. The van der Waals surface area contributed by atoms with Crippen LogP contribution >= 0.6 is 0 Å². The average Bonchev–Trinajstić information content (AvgIpc) is 2.41. The zero-order valence-corrected chi connectivity index (χ0v) is 9.28. The Morgan fingerprint density at radius 3 is 2.69 bits per heavy atom. The molecule has 3 aliphatic heterocycles. The summed E-state index contributed by atoms with van der Waals surface area (Å²) < 4.78 is 6.02. The van der Waals surface area contributed by atoms with Gasteiger partial charge in [-0.3, -0.25) is 4.99 Å². The highest BCUT2D eigenvalue weighted by Crippen LogP contribution is 2.38. The molecule has 0 radical (unpaired) electrons. The fourth-order valence-corrected chi connectivity index (χ4v) is 2.63. The monoisotopic (exact) mass is 216 g/mol. The number of rotatable bonds is 2. The molecule has 3 heterocycles. The normalized spacial score (nSPS) is 32.6. The van der Waals surface area contributed by atoms with E-state index in [1.807, 2.05) is 12.1 Å². The van der Waals surface area contributed by atoms with E-state index >= 15 is 0 Å². The third kappa shape index (κ3) is 1.47. The number of morpholine rings is 1. The van der Waals surface area contributed by atoms with Gasteiger partial charge in [0.25, 0.3) is 0 Å². The molecule has 0 spiro atoms.